The van der Waals surface area contributed by atoms with Crippen molar-refractivity contribution in [3.63, 3.8) is 0 Å². The van der Waals surface area contributed by atoms with Gasteiger partial charge in [-0.25, -0.2) is 13.4 Å². The first-order chi connectivity index (χ1) is 17.8. The summed E-state index contributed by atoms with van der Waals surface area (Å²) < 4.78 is 43.7. The molecule has 1 amide bonds. The van der Waals surface area contributed by atoms with Gasteiger partial charge >= 0.3 is 0 Å². The molecule has 0 aliphatic carbocycles. The summed E-state index contributed by atoms with van der Waals surface area (Å²) in [6.07, 6.45) is 0.802. The first kappa shape index (κ1) is 26.7. The van der Waals surface area contributed by atoms with Crippen LogP contribution in [-0.4, -0.2) is 65.1 Å². The lowest BCUT2D eigenvalue weighted by Gasteiger charge is -2.30. The van der Waals surface area contributed by atoms with Crippen LogP contribution in [0.1, 0.15) is 12.8 Å². The molecule has 1 saturated heterocycles. The van der Waals surface area contributed by atoms with Crippen molar-refractivity contribution in [3.05, 3.63) is 41.8 Å². The Morgan fingerprint density at radius 2 is 1.68 bits per heavy atom. The van der Waals surface area contributed by atoms with Gasteiger partial charge in [0.15, 0.2) is 16.6 Å². The maximum Gasteiger partial charge on any atom is 0.243 e. The van der Waals surface area contributed by atoms with E-state index < -0.39 is 10.0 Å². The van der Waals surface area contributed by atoms with E-state index >= 15 is 0 Å². The molecule has 0 unspecified atom stereocenters. The van der Waals surface area contributed by atoms with Crippen LogP contribution in [0.25, 0.3) is 11.3 Å². The molecule has 2 aromatic carbocycles. The van der Waals surface area contributed by atoms with Gasteiger partial charge in [-0.15, -0.1) is 11.3 Å². The smallest absolute Gasteiger partial charge is 0.243 e. The van der Waals surface area contributed by atoms with E-state index in [0.29, 0.717) is 35.8 Å². The number of nitrogens with zero attached hydrogens (tertiary/aromatic N) is 2. The van der Waals surface area contributed by atoms with Crippen molar-refractivity contribution in [2.75, 3.05) is 52.1 Å². The lowest BCUT2D eigenvalue weighted by atomic mass is 9.97. The highest BCUT2D eigenvalue weighted by Gasteiger charge is 2.33. The molecule has 37 heavy (non-hydrogen) atoms. The molecule has 0 saturated carbocycles. The van der Waals surface area contributed by atoms with Gasteiger partial charge in [0.05, 0.1) is 37.6 Å². The predicted octanol–water partition coefficient (Wildman–Crippen LogP) is 3.92. The molecule has 1 aromatic heterocycles. The molecule has 0 spiro atoms. The maximum absolute atomic E-state index is 13.2. The maximum atomic E-state index is 13.2. The number of aromatic nitrogens is 1. The topological polar surface area (TPSA) is 119 Å². The second kappa shape index (κ2) is 11.4. The van der Waals surface area contributed by atoms with Crippen molar-refractivity contribution < 1.29 is 27.4 Å². The van der Waals surface area contributed by atoms with Gasteiger partial charge in [-0.1, -0.05) is 0 Å². The second-order valence-electron chi connectivity index (χ2n) is 8.39. The number of carbonyl (C=O) groups is 1. The lowest BCUT2D eigenvalue weighted by molar-refractivity contribution is -0.120. The summed E-state index contributed by atoms with van der Waals surface area (Å²) in [4.78, 5) is 17.8. The first-order valence-corrected chi connectivity index (χ1v) is 14.0. The van der Waals surface area contributed by atoms with Crippen molar-refractivity contribution >= 4 is 38.1 Å². The minimum atomic E-state index is -3.74. The van der Waals surface area contributed by atoms with Crippen LogP contribution in [-0.2, 0) is 14.8 Å². The molecular formula is C25H30N4O6S2. The Balaban J connectivity index is 1.44. The third kappa shape index (κ3) is 5.65. The van der Waals surface area contributed by atoms with E-state index in [4.69, 9.17) is 14.2 Å². The molecule has 198 valence electrons. The number of hydrogen-bond acceptors (Lipinski definition) is 9. The van der Waals surface area contributed by atoms with Crippen LogP contribution in [0.2, 0.25) is 0 Å². The van der Waals surface area contributed by atoms with E-state index in [1.54, 1.807) is 19.2 Å². The summed E-state index contributed by atoms with van der Waals surface area (Å²) in [7, 11) is 2.57. The zero-order valence-electron chi connectivity index (χ0n) is 21.1. The number of hydrogen-bond donors (Lipinski definition) is 2. The first-order valence-electron chi connectivity index (χ1n) is 11.7. The van der Waals surface area contributed by atoms with E-state index in [9.17, 15) is 13.2 Å². The van der Waals surface area contributed by atoms with Crippen molar-refractivity contribution in [1.82, 2.24) is 9.29 Å². The zero-order valence-corrected chi connectivity index (χ0v) is 22.7. The van der Waals surface area contributed by atoms with Crippen LogP contribution >= 0.6 is 11.3 Å². The molecule has 0 atom stereocenters. The van der Waals surface area contributed by atoms with Gasteiger partial charge in [-0.3, -0.25) is 4.79 Å². The number of nitrogens with one attached hydrogen (secondary N) is 2. The number of methoxy groups -OCH3 is 3. The standard InChI is InChI=1S/C25H30N4O6S2/c1-26-25-28-20(15-36-25)17-5-7-21(33-2)19(13-17)27-24(30)16-9-11-29(12-10-16)37(31,32)18-6-8-22(34-3)23(14-18)35-4/h5-8,13-16H,9-12H2,1-4H3,(H,26,28)(H,27,30). The Morgan fingerprint density at radius 1 is 1.00 bits per heavy atom. The van der Waals surface area contributed by atoms with Crippen molar-refractivity contribution in [2.24, 2.45) is 5.92 Å². The number of rotatable bonds is 9. The molecule has 1 aliphatic rings. The zero-order chi connectivity index (χ0) is 26.6. The Morgan fingerprint density at radius 3 is 2.30 bits per heavy atom. The van der Waals surface area contributed by atoms with Crippen LogP contribution < -0.4 is 24.8 Å². The SMILES string of the molecule is CNc1nc(-c2ccc(OC)c(NC(=O)C3CCN(S(=O)(=O)c4ccc(OC)c(OC)c4)CC3)c2)cs1. The highest BCUT2D eigenvalue weighted by molar-refractivity contribution is 7.89. The Bertz CT molecular complexity index is 1370. The molecule has 10 nitrogen and oxygen atoms in total. The number of carbonyl (C=O) groups excluding carboxylic acids is 1. The molecule has 2 heterocycles. The lowest BCUT2D eigenvalue weighted by Crippen LogP contribution is -2.41. The van der Waals surface area contributed by atoms with Crippen molar-refractivity contribution in [3.8, 4) is 28.5 Å². The van der Waals surface area contributed by atoms with Crippen LogP contribution in [0.15, 0.2) is 46.7 Å². The fraction of sp³-hybridized carbons (Fsp3) is 0.360. The molecule has 1 fully saturated rings. The van der Waals surface area contributed by atoms with Crippen LogP contribution in [0.5, 0.6) is 17.2 Å². The Hall–Kier alpha value is -3.35. The van der Waals surface area contributed by atoms with Gasteiger partial charge < -0.3 is 24.8 Å². The van der Waals surface area contributed by atoms with E-state index in [1.807, 2.05) is 24.6 Å². The average Bonchev–Trinajstić information content (AvgIpc) is 3.42. The monoisotopic (exact) mass is 546 g/mol. The van der Waals surface area contributed by atoms with Gasteiger partial charge in [0.2, 0.25) is 15.9 Å². The predicted molar refractivity (Wildman–Crippen MR) is 143 cm³/mol. The normalized spacial score (nSPS) is 14.7. The number of thiazole rings is 1. The van der Waals surface area contributed by atoms with Gasteiger partial charge in [0, 0.05) is 43.1 Å². The number of anilines is 2. The highest BCUT2D eigenvalue weighted by atomic mass is 32.2. The molecule has 3 aromatic rings. The van der Waals surface area contributed by atoms with Gasteiger partial charge in [-0.2, -0.15) is 4.31 Å². The fourth-order valence-electron chi connectivity index (χ4n) is 4.21. The third-order valence-electron chi connectivity index (χ3n) is 6.29. The minimum absolute atomic E-state index is 0.123. The van der Waals surface area contributed by atoms with Gasteiger partial charge in [0.25, 0.3) is 0 Å². The van der Waals surface area contributed by atoms with Gasteiger partial charge in [-0.05, 0) is 43.2 Å². The van der Waals surface area contributed by atoms with E-state index in [2.05, 4.69) is 15.6 Å². The Kier molecular flexibility index (Phi) is 8.20. The molecule has 4 rings (SSSR count). The summed E-state index contributed by atoms with van der Waals surface area (Å²) in [6.45, 7) is 0.467. The number of piperidine rings is 1. The van der Waals surface area contributed by atoms with Crippen LogP contribution in [0.3, 0.4) is 0 Å². The highest BCUT2D eigenvalue weighted by Crippen LogP contribution is 2.34. The van der Waals surface area contributed by atoms with Crippen LogP contribution in [0, 0.1) is 5.92 Å². The molecule has 1 aliphatic heterocycles. The van der Waals surface area contributed by atoms with Gasteiger partial charge in [0.1, 0.15) is 5.75 Å². The third-order valence-corrected chi connectivity index (χ3v) is 9.04. The summed E-state index contributed by atoms with van der Waals surface area (Å²) in [5.74, 6) is 0.824. The minimum Gasteiger partial charge on any atom is -0.495 e. The summed E-state index contributed by atoms with van der Waals surface area (Å²) in [5.41, 5.74) is 2.19. The summed E-state index contributed by atoms with van der Waals surface area (Å²) >= 11 is 1.49. The quantitative estimate of drug-likeness (QED) is 0.415. The summed E-state index contributed by atoms with van der Waals surface area (Å²) in [5, 5.41) is 8.73. The van der Waals surface area contributed by atoms with E-state index in [-0.39, 0.29) is 29.8 Å². The van der Waals surface area contributed by atoms with E-state index in [1.165, 1.54) is 42.0 Å². The summed E-state index contributed by atoms with van der Waals surface area (Å²) in [6, 6.07) is 10.0. The number of ether oxygens (including phenoxy) is 3. The number of amides is 1. The number of sulfonamides is 1. The molecule has 0 bridgehead atoms. The number of benzene rings is 2. The van der Waals surface area contributed by atoms with Crippen molar-refractivity contribution in [2.45, 2.75) is 17.7 Å². The molecule has 2 N–H and O–H groups in total. The molecule has 0 radical (unpaired) electrons. The molecular weight excluding hydrogens is 516 g/mol. The Labute approximate surface area is 220 Å². The van der Waals surface area contributed by atoms with Crippen LogP contribution in [0.4, 0.5) is 10.8 Å². The average molecular weight is 547 g/mol. The van der Waals surface area contributed by atoms with E-state index in [0.717, 1.165) is 16.4 Å². The fourth-order valence-corrected chi connectivity index (χ4v) is 6.37. The largest absolute Gasteiger partial charge is 0.495 e. The molecule has 12 heteroatoms. The second-order valence-corrected chi connectivity index (χ2v) is 11.2. The van der Waals surface area contributed by atoms with Crippen molar-refractivity contribution in [1.29, 1.82) is 0 Å².